The van der Waals surface area contributed by atoms with Gasteiger partial charge in [0, 0.05) is 11.6 Å². The molecule has 0 saturated carbocycles. The molecule has 0 spiro atoms. The van der Waals surface area contributed by atoms with Crippen LogP contribution in [0.25, 0.3) is 10.9 Å². The Balaban J connectivity index is 1.46. The van der Waals surface area contributed by atoms with Gasteiger partial charge in [-0.15, -0.1) is 0 Å². The van der Waals surface area contributed by atoms with E-state index in [1.54, 1.807) is 24.3 Å². The molecule has 10 heteroatoms. The number of fused-ring (bicyclic) bond motifs is 1. The minimum absolute atomic E-state index is 0.0452. The van der Waals surface area contributed by atoms with Gasteiger partial charge in [0.05, 0.1) is 21.4 Å². The normalized spacial score (nSPS) is 11.4. The highest BCUT2D eigenvalue weighted by molar-refractivity contribution is 7.89. The monoisotopic (exact) mass is 483 g/mol. The summed E-state index contributed by atoms with van der Waals surface area (Å²) < 4.78 is 33.0. The molecule has 0 unspecified atom stereocenters. The average molecular weight is 484 g/mol. The van der Waals surface area contributed by atoms with Crippen molar-refractivity contribution in [2.75, 3.05) is 0 Å². The van der Waals surface area contributed by atoms with Gasteiger partial charge in [0.2, 0.25) is 10.0 Å². The molecule has 33 heavy (non-hydrogen) atoms. The highest BCUT2D eigenvalue weighted by Crippen LogP contribution is 2.16. The molecule has 0 saturated heterocycles. The zero-order valence-electron chi connectivity index (χ0n) is 17.1. The maximum atomic E-state index is 12.6. The van der Waals surface area contributed by atoms with Crippen LogP contribution in [0.1, 0.15) is 21.7 Å². The fourth-order valence-corrected chi connectivity index (χ4v) is 4.32. The zero-order valence-corrected chi connectivity index (χ0v) is 18.7. The van der Waals surface area contributed by atoms with Crippen LogP contribution in [0.2, 0.25) is 5.02 Å². The molecular weight excluding hydrogens is 466 g/mol. The summed E-state index contributed by atoms with van der Waals surface area (Å²) in [6.07, 6.45) is 0. The molecule has 1 heterocycles. The number of hydrogen-bond donors (Lipinski definition) is 2. The first-order chi connectivity index (χ1) is 15.8. The van der Waals surface area contributed by atoms with Crippen LogP contribution in [0.3, 0.4) is 0 Å². The first kappa shape index (κ1) is 22.7. The van der Waals surface area contributed by atoms with Gasteiger partial charge in [-0.05, 0) is 42.0 Å². The van der Waals surface area contributed by atoms with Gasteiger partial charge in [0.15, 0.2) is 0 Å². The minimum atomic E-state index is -3.85. The number of carbonyl (C=O) groups excluding carboxylic acids is 1. The molecule has 168 valence electrons. The lowest BCUT2D eigenvalue weighted by Crippen LogP contribution is -2.23. The number of aromatic nitrogens is 2. The molecule has 1 aromatic heterocycles. The first-order valence-corrected chi connectivity index (χ1v) is 11.7. The number of aromatic amines is 1. The Hall–Kier alpha value is -3.53. The summed E-state index contributed by atoms with van der Waals surface area (Å²) in [4.78, 5) is 31.4. The van der Waals surface area contributed by atoms with E-state index in [4.69, 9.17) is 16.3 Å². The Labute approximate surface area is 194 Å². The molecule has 3 aromatic carbocycles. The fourth-order valence-electron chi connectivity index (χ4n) is 3.09. The molecule has 0 aliphatic rings. The molecule has 0 fully saturated rings. The fraction of sp³-hybridized carbons (Fsp3) is 0.0870. The van der Waals surface area contributed by atoms with Crippen molar-refractivity contribution >= 4 is 38.5 Å². The average Bonchev–Trinajstić information content (AvgIpc) is 2.82. The van der Waals surface area contributed by atoms with Gasteiger partial charge in [-0.3, -0.25) is 4.79 Å². The van der Waals surface area contributed by atoms with Gasteiger partial charge in [0.1, 0.15) is 12.4 Å². The third-order valence-corrected chi connectivity index (χ3v) is 6.38. The number of carbonyl (C=O) groups is 1. The van der Waals surface area contributed by atoms with Gasteiger partial charge >= 0.3 is 5.97 Å². The van der Waals surface area contributed by atoms with Gasteiger partial charge in [-0.25, -0.2) is 22.9 Å². The van der Waals surface area contributed by atoms with Crippen LogP contribution in [0.4, 0.5) is 0 Å². The number of sulfonamides is 1. The lowest BCUT2D eigenvalue weighted by molar-refractivity contribution is 0.0462. The van der Waals surface area contributed by atoms with Gasteiger partial charge in [-0.2, -0.15) is 0 Å². The van der Waals surface area contributed by atoms with E-state index in [0.29, 0.717) is 15.9 Å². The van der Waals surface area contributed by atoms with E-state index in [2.05, 4.69) is 14.7 Å². The second-order valence-corrected chi connectivity index (χ2v) is 9.29. The maximum Gasteiger partial charge on any atom is 0.338 e. The smallest absolute Gasteiger partial charge is 0.338 e. The van der Waals surface area contributed by atoms with Gasteiger partial charge in [0.25, 0.3) is 5.56 Å². The summed E-state index contributed by atoms with van der Waals surface area (Å²) in [6.45, 7) is -0.192. The summed E-state index contributed by atoms with van der Waals surface area (Å²) in [5.74, 6) is -0.625. The summed E-state index contributed by atoms with van der Waals surface area (Å²) >= 11 is 5.95. The Morgan fingerprint density at radius 3 is 2.61 bits per heavy atom. The van der Waals surface area contributed by atoms with E-state index >= 15 is 0 Å². The molecule has 0 aliphatic heterocycles. The lowest BCUT2D eigenvalue weighted by atomic mass is 10.2. The van der Waals surface area contributed by atoms with Crippen molar-refractivity contribution in [3.05, 3.63) is 105 Å². The lowest BCUT2D eigenvalue weighted by Gasteiger charge is -2.09. The number of hydrogen-bond acceptors (Lipinski definition) is 6. The van der Waals surface area contributed by atoms with E-state index < -0.39 is 16.0 Å². The molecular formula is C23H18ClN3O5S. The van der Waals surface area contributed by atoms with Crippen LogP contribution >= 0.6 is 11.6 Å². The quantitative estimate of drug-likeness (QED) is 0.389. The number of nitrogens with one attached hydrogen (secondary N) is 2. The topological polar surface area (TPSA) is 118 Å². The number of ether oxygens (including phenoxy) is 1. The van der Waals surface area contributed by atoms with Crippen LogP contribution < -0.4 is 10.3 Å². The third-order valence-electron chi connectivity index (χ3n) is 4.75. The predicted molar refractivity (Wildman–Crippen MR) is 123 cm³/mol. The molecule has 0 atom stereocenters. The number of nitrogens with zero attached hydrogens (tertiary/aromatic N) is 1. The second-order valence-electron chi connectivity index (χ2n) is 7.09. The number of H-pyrrole nitrogens is 1. The molecule has 0 amide bonds. The predicted octanol–water partition coefficient (Wildman–Crippen LogP) is 3.41. The molecule has 8 nitrogen and oxygen atoms in total. The van der Waals surface area contributed by atoms with Gasteiger partial charge < -0.3 is 9.72 Å². The van der Waals surface area contributed by atoms with Crippen LogP contribution in [0.15, 0.2) is 82.5 Å². The van der Waals surface area contributed by atoms with Crippen molar-refractivity contribution in [3.63, 3.8) is 0 Å². The minimum Gasteiger partial charge on any atom is -0.454 e. The van der Waals surface area contributed by atoms with E-state index in [9.17, 15) is 18.0 Å². The molecule has 2 N–H and O–H groups in total. The Morgan fingerprint density at radius 1 is 1.03 bits per heavy atom. The van der Waals surface area contributed by atoms with Crippen molar-refractivity contribution in [2.45, 2.75) is 18.0 Å². The molecule has 4 aromatic rings. The van der Waals surface area contributed by atoms with Crippen molar-refractivity contribution in [3.8, 4) is 0 Å². The van der Waals surface area contributed by atoms with E-state index in [0.717, 1.165) is 5.56 Å². The molecule has 0 radical (unpaired) electrons. The van der Waals surface area contributed by atoms with E-state index in [-0.39, 0.29) is 35.0 Å². The highest BCUT2D eigenvalue weighted by Gasteiger charge is 2.17. The van der Waals surface area contributed by atoms with Crippen molar-refractivity contribution < 1.29 is 17.9 Å². The SMILES string of the molecule is O=C(OCc1nc2cc(Cl)ccc2c(=O)[nH]1)c1cccc(S(=O)(=O)NCc2ccccc2)c1. The first-order valence-electron chi connectivity index (χ1n) is 9.81. The molecule has 0 aliphatic carbocycles. The molecule has 4 rings (SSSR count). The molecule has 0 bridgehead atoms. The van der Waals surface area contributed by atoms with Crippen LogP contribution in [-0.4, -0.2) is 24.4 Å². The Bertz CT molecular complexity index is 1490. The summed E-state index contributed by atoms with van der Waals surface area (Å²) in [5, 5.41) is 0.776. The second kappa shape index (κ2) is 9.53. The van der Waals surface area contributed by atoms with Crippen molar-refractivity contribution in [1.82, 2.24) is 14.7 Å². The van der Waals surface area contributed by atoms with Crippen LogP contribution in [0.5, 0.6) is 0 Å². The van der Waals surface area contributed by atoms with Crippen LogP contribution in [0, 0.1) is 0 Å². The zero-order chi connectivity index (χ0) is 23.4. The van der Waals surface area contributed by atoms with E-state index in [1.807, 2.05) is 18.2 Å². The van der Waals surface area contributed by atoms with Crippen molar-refractivity contribution in [2.24, 2.45) is 0 Å². The van der Waals surface area contributed by atoms with Crippen LogP contribution in [-0.2, 0) is 27.9 Å². The highest BCUT2D eigenvalue weighted by atomic mass is 35.5. The number of esters is 1. The number of rotatable bonds is 7. The summed E-state index contributed by atoms with van der Waals surface area (Å²) in [6, 6.07) is 19.2. The standard InChI is InChI=1S/C23H18ClN3O5S/c24-17-9-10-19-20(12-17)26-21(27-22(19)28)14-32-23(29)16-7-4-8-18(11-16)33(30,31)25-13-15-5-2-1-3-6-15/h1-12,25H,13-14H2,(H,26,27,28). The van der Waals surface area contributed by atoms with Gasteiger partial charge in [-0.1, -0.05) is 48.0 Å². The largest absolute Gasteiger partial charge is 0.454 e. The van der Waals surface area contributed by atoms with E-state index in [1.165, 1.54) is 30.3 Å². The Morgan fingerprint density at radius 2 is 1.82 bits per heavy atom. The van der Waals surface area contributed by atoms with Crippen molar-refractivity contribution in [1.29, 1.82) is 0 Å². The third kappa shape index (κ3) is 5.46. The number of benzene rings is 3. The number of halogens is 1. The summed E-state index contributed by atoms with van der Waals surface area (Å²) in [5.41, 5.74) is 0.828. The summed E-state index contributed by atoms with van der Waals surface area (Å²) in [7, 11) is -3.85. The maximum absolute atomic E-state index is 12.6. The Kier molecular flexibility index (Phi) is 6.55.